The SMILES string of the molecule is CCOc1ccc(-c2ccon2)cc1. The van der Waals surface area contributed by atoms with Gasteiger partial charge in [0.05, 0.1) is 6.61 Å². The lowest BCUT2D eigenvalue weighted by atomic mass is 10.1. The van der Waals surface area contributed by atoms with E-state index in [1.54, 1.807) is 6.26 Å². The van der Waals surface area contributed by atoms with Crippen molar-refractivity contribution in [3.8, 4) is 17.0 Å². The highest BCUT2D eigenvalue weighted by Crippen LogP contribution is 2.20. The maximum atomic E-state index is 5.33. The summed E-state index contributed by atoms with van der Waals surface area (Å²) in [7, 11) is 0. The Hall–Kier alpha value is -1.77. The van der Waals surface area contributed by atoms with Crippen molar-refractivity contribution in [2.24, 2.45) is 0 Å². The van der Waals surface area contributed by atoms with Crippen LogP contribution < -0.4 is 4.74 Å². The molecule has 0 amide bonds. The molecule has 0 saturated carbocycles. The molecule has 0 unspecified atom stereocenters. The smallest absolute Gasteiger partial charge is 0.124 e. The Morgan fingerprint density at radius 3 is 2.57 bits per heavy atom. The number of hydrogen-bond acceptors (Lipinski definition) is 3. The Morgan fingerprint density at radius 1 is 1.21 bits per heavy atom. The van der Waals surface area contributed by atoms with Gasteiger partial charge >= 0.3 is 0 Å². The molecule has 0 aliphatic heterocycles. The molecule has 14 heavy (non-hydrogen) atoms. The zero-order valence-corrected chi connectivity index (χ0v) is 7.93. The van der Waals surface area contributed by atoms with Crippen LogP contribution in [0.1, 0.15) is 6.92 Å². The molecule has 3 heteroatoms. The highest BCUT2D eigenvalue weighted by Gasteiger charge is 2.00. The highest BCUT2D eigenvalue weighted by atomic mass is 16.5. The molecular formula is C11H11NO2. The van der Waals surface area contributed by atoms with Crippen molar-refractivity contribution in [3.05, 3.63) is 36.6 Å². The van der Waals surface area contributed by atoms with E-state index in [2.05, 4.69) is 5.16 Å². The fraction of sp³-hybridized carbons (Fsp3) is 0.182. The third-order valence-corrected chi connectivity index (χ3v) is 1.90. The van der Waals surface area contributed by atoms with Crippen LogP contribution in [0.2, 0.25) is 0 Å². The predicted octanol–water partition coefficient (Wildman–Crippen LogP) is 2.74. The monoisotopic (exact) mass is 189 g/mol. The number of hydrogen-bond donors (Lipinski definition) is 0. The maximum Gasteiger partial charge on any atom is 0.124 e. The second kappa shape index (κ2) is 3.96. The minimum atomic E-state index is 0.684. The molecule has 0 saturated heterocycles. The largest absolute Gasteiger partial charge is 0.494 e. The van der Waals surface area contributed by atoms with Crippen LogP contribution in [-0.2, 0) is 0 Å². The molecule has 3 nitrogen and oxygen atoms in total. The van der Waals surface area contributed by atoms with Crippen molar-refractivity contribution in [2.75, 3.05) is 6.61 Å². The van der Waals surface area contributed by atoms with E-state index in [0.29, 0.717) is 6.61 Å². The molecule has 0 aliphatic rings. The lowest BCUT2D eigenvalue weighted by Gasteiger charge is -2.02. The Bertz CT molecular complexity index is 378. The molecular weight excluding hydrogens is 178 g/mol. The first-order chi connectivity index (χ1) is 6.90. The van der Waals surface area contributed by atoms with Crippen LogP contribution in [0.3, 0.4) is 0 Å². The summed E-state index contributed by atoms with van der Waals surface area (Å²) >= 11 is 0. The number of nitrogens with zero attached hydrogens (tertiary/aromatic N) is 1. The van der Waals surface area contributed by atoms with Crippen LogP contribution in [-0.4, -0.2) is 11.8 Å². The minimum Gasteiger partial charge on any atom is -0.494 e. The van der Waals surface area contributed by atoms with Crippen LogP contribution in [0, 0.1) is 0 Å². The van der Waals surface area contributed by atoms with E-state index in [1.807, 2.05) is 37.3 Å². The van der Waals surface area contributed by atoms with Crippen LogP contribution in [0.15, 0.2) is 41.1 Å². The molecule has 0 fully saturated rings. The lowest BCUT2D eigenvalue weighted by molar-refractivity contribution is 0.340. The topological polar surface area (TPSA) is 35.3 Å². The summed E-state index contributed by atoms with van der Waals surface area (Å²) in [5.41, 5.74) is 1.87. The summed E-state index contributed by atoms with van der Waals surface area (Å²) in [5.74, 6) is 0.875. The number of rotatable bonds is 3. The lowest BCUT2D eigenvalue weighted by Crippen LogP contribution is -1.90. The van der Waals surface area contributed by atoms with E-state index < -0.39 is 0 Å². The molecule has 2 aromatic rings. The van der Waals surface area contributed by atoms with Gasteiger partial charge in [0.15, 0.2) is 0 Å². The van der Waals surface area contributed by atoms with Gasteiger partial charge in [0.1, 0.15) is 17.7 Å². The summed E-state index contributed by atoms with van der Waals surface area (Å²) in [6.07, 6.45) is 1.56. The summed E-state index contributed by atoms with van der Waals surface area (Å²) < 4.78 is 10.1. The fourth-order valence-electron chi connectivity index (χ4n) is 1.25. The van der Waals surface area contributed by atoms with Gasteiger partial charge in [0, 0.05) is 11.6 Å². The predicted molar refractivity (Wildman–Crippen MR) is 53.1 cm³/mol. The first-order valence-electron chi connectivity index (χ1n) is 4.54. The molecule has 0 aliphatic carbocycles. The highest BCUT2D eigenvalue weighted by molar-refractivity contribution is 5.58. The zero-order valence-electron chi connectivity index (χ0n) is 7.93. The molecule has 1 aromatic carbocycles. The Kier molecular flexibility index (Phi) is 2.49. The van der Waals surface area contributed by atoms with Gasteiger partial charge in [-0.25, -0.2) is 0 Å². The molecule has 72 valence electrons. The molecule has 1 aromatic heterocycles. The molecule has 2 rings (SSSR count). The summed E-state index contributed by atoms with van der Waals surface area (Å²) in [4.78, 5) is 0. The van der Waals surface area contributed by atoms with E-state index in [1.165, 1.54) is 0 Å². The van der Waals surface area contributed by atoms with Gasteiger partial charge in [-0.05, 0) is 31.2 Å². The second-order valence-electron chi connectivity index (χ2n) is 2.84. The number of ether oxygens (including phenoxy) is 1. The quantitative estimate of drug-likeness (QED) is 0.744. The maximum absolute atomic E-state index is 5.33. The summed E-state index contributed by atoms with van der Waals surface area (Å²) in [6, 6.07) is 9.60. The molecule has 0 N–H and O–H groups in total. The van der Waals surface area contributed by atoms with Gasteiger partial charge in [-0.15, -0.1) is 0 Å². The van der Waals surface area contributed by atoms with E-state index in [9.17, 15) is 0 Å². The van der Waals surface area contributed by atoms with Crippen molar-refractivity contribution in [2.45, 2.75) is 6.92 Å². The Morgan fingerprint density at radius 2 is 2.00 bits per heavy atom. The molecule has 0 atom stereocenters. The van der Waals surface area contributed by atoms with Gasteiger partial charge in [0.2, 0.25) is 0 Å². The van der Waals surface area contributed by atoms with E-state index in [0.717, 1.165) is 17.0 Å². The Balaban J connectivity index is 2.22. The van der Waals surface area contributed by atoms with Crippen molar-refractivity contribution in [1.29, 1.82) is 0 Å². The first kappa shape index (κ1) is 8.81. The average Bonchev–Trinajstić information content (AvgIpc) is 2.72. The molecule has 0 bridgehead atoms. The van der Waals surface area contributed by atoms with Crippen LogP contribution in [0.5, 0.6) is 5.75 Å². The van der Waals surface area contributed by atoms with Gasteiger partial charge in [-0.3, -0.25) is 0 Å². The van der Waals surface area contributed by atoms with E-state index in [-0.39, 0.29) is 0 Å². The van der Waals surface area contributed by atoms with Crippen molar-refractivity contribution >= 4 is 0 Å². The first-order valence-corrected chi connectivity index (χ1v) is 4.54. The molecule has 0 radical (unpaired) electrons. The van der Waals surface area contributed by atoms with Crippen molar-refractivity contribution in [1.82, 2.24) is 5.16 Å². The molecule has 0 spiro atoms. The zero-order chi connectivity index (χ0) is 9.80. The van der Waals surface area contributed by atoms with Crippen LogP contribution in [0.25, 0.3) is 11.3 Å². The van der Waals surface area contributed by atoms with Gasteiger partial charge < -0.3 is 9.26 Å². The van der Waals surface area contributed by atoms with E-state index in [4.69, 9.17) is 9.26 Å². The fourth-order valence-corrected chi connectivity index (χ4v) is 1.25. The number of aromatic nitrogens is 1. The van der Waals surface area contributed by atoms with Crippen LogP contribution >= 0.6 is 0 Å². The molecule has 1 heterocycles. The normalized spacial score (nSPS) is 10.1. The third kappa shape index (κ3) is 1.76. The average molecular weight is 189 g/mol. The van der Waals surface area contributed by atoms with Crippen LogP contribution in [0.4, 0.5) is 0 Å². The van der Waals surface area contributed by atoms with Gasteiger partial charge in [-0.2, -0.15) is 0 Å². The Labute approximate surface area is 82.3 Å². The third-order valence-electron chi connectivity index (χ3n) is 1.90. The standard InChI is InChI=1S/C11H11NO2/c1-2-13-10-5-3-9(4-6-10)11-7-8-14-12-11/h3-8H,2H2,1H3. The van der Waals surface area contributed by atoms with Gasteiger partial charge in [0.25, 0.3) is 0 Å². The second-order valence-corrected chi connectivity index (χ2v) is 2.84. The number of benzene rings is 1. The summed E-state index contributed by atoms with van der Waals surface area (Å²) in [5, 5.41) is 3.85. The minimum absolute atomic E-state index is 0.684. The van der Waals surface area contributed by atoms with Crippen molar-refractivity contribution < 1.29 is 9.26 Å². The van der Waals surface area contributed by atoms with Crippen molar-refractivity contribution in [3.63, 3.8) is 0 Å². The van der Waals surface area contributed by atoms with Gasteiger partial charge in [-0.1, -0.05) is 5.16 Å². The van der Waals surface area contributed by atoms with E-state index >= 15 is 0 Å². The summed E-state index contributed by atoms with van der Waals surface area (Å²) in [6.45, 7) is 2.65.